The molecule has 6 nitrogen and oxygen atoms in total. The zero-order chi connectivity index (χ0) is 19.2. The van der Waals surface area contributed by atoms with Gasteiger partial charge in [-0.25, -0.2) is 13.1 Å². The van der Waals surface area contributed by atoms with E-state index >= 15 is 0 Å². The van der Waals surface area contributed by atoms with E-state index in [0.717, 1.165) is 12.8 Å². The molecule has 2 N–H and O–H groups in total. The zero-order valence-electron chi connectivity index (χ0n) is 14.6. The number of amides is 1. The van der Waals surface area contributed by atoms with E-state index in [0.29, 0.717) is 23.0 Å². The highest BCUT2D eigenvalue weighted by Crippen LogP contribution is 2.24. The first-order valence-electron chi connectivity index (χ1n) is 8.12. The van der Waals surface area contributed by atoms with Crippen molar-refractivity contribution < 1.29 is 17.9 Å². The van der Waals surface area contributed by atoms with Gasteiger partial charge in [0.1, 0.15) is 5.75 Å². The number of halogens is 1. The molecule has 0 saturated heterocycles. The van der Waals surface area contributed by atoms with E-state index in [2.05, 4.69) is 10.0 Å². The molecule has 0 atom stereocenters. The van der Waals surface area contributed by atoms with Crippen molar-refractivity contribution in [1.29, 1.82) is 0 Å². The summed E-state index contributed by atoms with van der Waals surface area (Å²) in [5.74, 6) is -0.00718. The molecule has 0 aromatic heterocycles. The standard InChI is InChI=1S/C18H21ClN2O4S/c1-3-4-11-20-26(23,24)15-8-6-14(7-9-15)21-18(22)16-12-13(19)5-10-17(16)25-2/h5-10,12,20H,3-4,11H2,1-2H3,(H,21,22). The summed E-state index contributed by atoms with van der Waals surface area (Å²) in [5.41, 5.74) is 0.752. The van der Waals surface area contributed by atoms with E-state index in [1.54, 1.807) is 12.1 Å². The lowest BCUT2D eigenvalue weighted by Crippen LogP contribution is -2.24. The van der Waals surface area contributed by atoms with E-state index in [4.69, 9.17) is 16.3 Å². The molecule has 0 fully saturated rings. The molecule has 0 spiro atoms. The summed E-state index contributed by atoms with van der Waals surface area (Å²) >= 11 is 5.93. The third kappa shape index (κ3) is 5.20. The molecule has 2 rings (SSSR count). The monoisotopic (exact) mass is 396 g/mol. The summed E-state index contributed by atoms with van der Waals surface area (Å²) in [4.78, 5) is 12.6. The molecule has 0 heterocycles. The molecular weight excluding hydrogens is 376 g/mol. The van der Waals surface area contributed by atoms with Gasteiger partial charge >= 0.3 is 0 Å². The Morgan fingerprint density at radius 2 is 1.85 bits per heavy atom. The molecule has 1 amide bonds. The van der Waals surface area contributed by atoms with Crippen molar-refractivity contribution in [2.75, 3.05) is 19.0 Å². The quantitative estimate of drug-likeness (QED) is 0.666. The largest absolute Gasteiger partial charge is 0.496 e. The number of carbonyl (C=O) groups is 1. The first-order valence-corrected chi connectivity index (χ1v) is 9.98. The number of nitrogens with one attached hydrogen (secondary N) is 2. The van der Waals surface area contributed by atoms with Crippen LogP contribution < -0.4 is 14.8 Å². The number of rotatable bonds is 8. The number of sulfonamides is 1. The second kappa shape index (κ2) is 9.02. The van der Waals surface area contributed by atoms with Gasteiger partial charge in [-0.15, -0.1) is 0 Å². The van der Waals surface area contributed by atoms with Gasteiger partial charge in [-0.2, -0.15) is 0 Å². The van der Waals surface area contributed by atoms with Crippen LogP contribution in [-0.4, -0.2) is 28.0 Å². The van der Waals surface area contributed by atoms with Crippen LogP contribution in [0.3, 0.4) is 0 Å². The van der Waals surface area contributed by atoms with Crippen molar-refractivity contribution in [2.24, 2.45) is 0 Å². The number of unbranched alkanes of at least 4 members (excludes halogenated alkanes) is 1. The van der Waals surface area contributed by atoms with E-state index < -0.39 is 15.9 Å². The molecular formula is C18H21ClN2O4S. The van der Waals surface area contributed by atoms with Crippen LogP contribution in [0.1, 0.15) is 30.1 Å². The summed E-state index contributed by atoms with van der Waals surface area (Å²) in [6.45, 7) is 2.38. The maximum Gasteiger partial charge on any atom is 0.259 e. The van der Waals surface area contributed by atoms with Gasteiger partial charge in [-0.1, -0.05) is 24.9 Å². The Balaban J connectivity index is 2.12. The smallest absolute Gasteiger partial charge is 0.259 e. The number of carbonyl (C=O) groups excluding carboxylic acids is 1. The number of ether oxygens (including phenoxy) is 1. The van der Waals surface area contributed by atoms with Crippen molar-refractivity contribution >= 4 is 33.2 Å². The predicted molar refractivity (Wildman–Crippen MR) is 102 cm³/mol. The molecule has 0 saturated carbocycles. The van der Waals surface area contributed by atoms with Gasteiger partial charge in [0.15, 0.2) is 0 Å². The van der Waals surface area contributed by atoms with Crippen molar-refractivity contribution in [3.05, 3.63) is 53.1 Å². The number of hydrogen-bond acceptors (Lipinski definition) is 4. The molecule has 2 aromatic rings. The minimum Gasteiger partial charge on any atom is -0.496 e. The number of anilines is 1. The first kappa shape index (κ1) is 20.2. The average molecular weight is 397 g/mol. The Morgan fingerprint density at radius 1 is 1.15 bits per heavy atom. The summed E-state index contributed by atoms with van der Waals surface area (Å²) < 4.78 is 32.0. The van der Waals surface area contributed by atoms with Gasteiger partial charge in [0.2, 0.25) is 10.0 Å². The predicted octanol–water partition coefficient (Wildman–Crippen LogP) is 3.68. The van der Waals surface area contributed by atoms with Gasteiger partial charge < -0.3 is 10.1 Å². The molecule has 0 bridgehead atoms. The lowest BCUT2D eigenvalue weighted by atomic mass is 10.2. The Morgan fingerprint density at radius 3 is 2.46 bits per heavy atom. The maximum absolute atomic E-state index is 12.4. The summed E-state index contributed by atoms with van der Waals surface area (Å²) in [6, 6.07) is 10.7. The van der Waals surface area contributed by atoms with E-state index in [1.807, 2.05) is 6.92 Å². The Hall–Kier alpha value is -2.09. The highest BCUT2D eigenvalue weighted by molar-refractivity contribution is 7.89. The van der Waals surface area contributed by atoms with Crippen LogP contribution in [0.4, 0.5) is 5.69 Å². The number of methoxy groups -OCH3 is 1. The highest BCUT2D eigenvalue weighted by atomic mass is 35.5. The molecule has 2 aromatic carbocycles. The third-order valence-corrected chi connectivity index (χ3v) is 5.36. The Labute approximate surface area is 158 Å². The van der Waals surface area contributed by atoms with Crippen LogP contribution in [0.25, 0.3) is 0 Å². The minimum absolute atomic E-state index is 0.145. The van der Waals surface area contributed by atoms with E-state index in [1.165, 1.54) is 37.4 Å². The average Bonchev–Trinajstić information content (AvgIpc) is 2.62. The third-order valence-electron chi connectivity index (χ3n) is 3.65. The SMILES string of the molecule is CCCCNS(=O)(=O)c1ccc(NC(=O)c2cc(Cl)ccc2OC)cc1. The first-order chi connectivity index (χ1) is 12.4. The van der Waals surface area contributed by atoms with E-state index in [-0.39, 0.29) is 10.5 Å². The Kier molecular flexibility index (Phi) is 7.02. The molecule has 0 aliphatic rings. The Bertz CT molecular complexity index is 867. The summed E-state index contributed by atoms with van der Waals surface area (Å²) in [7, 11) is -2.08. The zero-order valence-corrected chi connectivity index (χ0v) is 16.2. The molecule has 0 unspecified atom stereocenters. The van der Waals surface area contributed by atoms with Crippen LogP contribution in [-0.2, 0) is 10.0 Å². The fourth-order valence-corrected chi connectivity index (χ4v) is 3.49. The van der Waals surface area contributed by atoms with Gasteiger partial charge in [-0.3, -0.25) is 4.79 Å². The van der Waals surface area contributed by atoms with Crippen LogP contribution in [0, 0.1) is 0 Å². The van der Waals surface area contributed by atoms with Crippen molar-refractivity contribution in [3.8, 4) is 5.75 Å². The molecule has 0 radical (unpaired) electrons. The summed E-state index contributed by atoms with van der Waals surface area (Å²) in [6.07, 6.45) is 1.68. The molecule has 0 aliphatic carbocycles. The number of hydrogen-bond donors (Lipinski definition) is 2. The normalized spacial score (nSPS) is 11.2. The summed E-state index contributed by atoms with van der Waals surface area (Å²) in [5, 5.41) is 3.11. The molecule has 140 valence electrons. The van der Waals surface area contributed by atoms with Crippen molar-refractivity contribution in [3.63, 3.8) is 0 Å². The van der Waals surface area contributed by atoms with Gasteiger partial charge in [0.05, 0.1) is 17.6 Å². The fraction of sp³-hybridized carbons (Fsp3) is 0.278. The van der Waals surface area contributed by atoms with Gasteiger partial charge in [-0.05, 0) is 48.9 Å². The maximum atomic E-state index is 12.4. The van der Waals surface area contributed by atoms with Crippen molar-refractivity contribution in [1.82, 2.24) is 4.72 Å². The van der Waals surface area contributed by atoms with Crippen molar-refractivity contribution in [2.45, 2.75) is 24.7 Å². The lowest BCUT2D eigenvalue weighted by Gasteiger charge is -2.11. The molecule has 0 aliphatic heterocycles. The van der Waals surface area contributed by atoms with Crippen LogP contribution in [0.15, 0.2) is 47.4 Å². The van der Waals surface area contributed by atoms with Gasteiger partial charge in [0.25, 0.3) is 5.91 Å². The second-order valence-electron chi connectivity index (χ2n) is 5.57. The second-order valence-corrected chi connectivity index (χ2v) is 7.78. The fourth-order valence-electron chi connectivity index (χ4n) is 2.24. The molecule has 26 heavy (non-hydrogen) atoms. The minimum atomic E-state index is -3.55. The number of benzene rings is 2. The van der Waals surface area contributed by atoms with Crippen LogP contribution in [0.2, 0.25) is 5.02 Å². The van der Waals surface area contributed by atoms with Crippen LogP contribution in [0.5, 0.6) is 5.75 Å². The van der Waals surface area contributed by atoms with E-state index in [9.17, 15) is 13.2 Å². The molecule has 8 heteroatoms. The van der Waals surface area contributed by atoms with Crippen LogP contribution >= 0.6 is 11.6 Å². The lowest BCUT2D eigenvalue weighted by molar-refractivity contribution is 0.102. The topological polar surface area (TPSA) is 84.5 Å². The highest BCUT2D eigenvalue weighted by Gasteiger charge is 2.15. The van der Waals surface area contributed by atoms with Gasteiger partial charge in [0, 0.05) is 17.3 Å².